The van der Waals surface area contributed by atoms with Crippen molar-refractivity contribution >= 4 is 11.7 Å². The highest BCUT2D eigenvalue weighted by Crippen LogP contribution is 2.15. The highest BCUT2D eigenvalue weighted by molar-refractivity contribution is 5.92. The van der Waals surface area contributed by atoms with Gasteiger partial charge in [0.05, 0.1) is 11.9 Å². The Kier molecular flexibility index (Phi) is 4.64. The summed E-state index contributed by atoms with van der Waals surface area (Å²) in [6, 6.07) is 13.4. The Balaban J connectivity index is 1.22. The molecule has 0 spiro atoms. The minimum atomic E-state index is -0.113. The molecule has 0 saturated carbocycles. The lowest BCUT2D eigenvalue weighted by Gasteiger charge is -2.34. The summed E-state index contributed by atoms with van der Waals surface area (Å²) >= 11 is 0. The van der Waals surface area contributed by atoms with Gasteiger partial charge in [0.1, 0.15) is 6.33 Å². The number of nitrogens with zero attached hydrogens (tertiary/aromatic N) is 9. The fourth-order valence-electron chi connectivity index (χ4n) is 3.37. The van der Waals surface area contributed by atoms with Gasteiger partial charge in [0.2, 0.25) is 0 Å². The van der Waals surface area contributed by atoms with Crippen molar-refractivity contribution in [3.8, 4) is 11.5 Å². The van der Waals surface area contributed by atoms with Gasteiger partial charge in [0.15, 0.2) is 17.3 Å². The number of aromatic nitrogens is 7. The molecule has 4 heterocycles. The SMILES string of the molecule is O=C(c1cnn(-c2ccccc2)n1)N1CCN(c2ccc(-n3ccnc3)nn2)CC1. The second-order valence-corrected chi connectivity index (χ2v) is 6.85. The molecule has 10 heteroatoms. The van der Waals surface area contributed by atoms with E-state index >= 15 is 0 Å². The number of amides is 1. The quantitative estimate of drug-likeness (QED) is 0.507. The van der Waals surface area contributed by atoms with Gasteiger partial charge in [-0.05, 0) is 24.3 Å². The van der Waals surface area contributed by atoms with Crippen molar-refractivity contribution in [3.05, 3.63) is 73.1 Å². The lowest BCUT2D eigenvalue weighted by Crippen LogP contribution is -2.49. The zero-order valence-electron chi connectivity index (χ0n) is 16.1. The zero-order chi connectivity index (χ0) is 20.3. The third-order valence-corrected chi connectivity index (χ3v) is 4.99. The first-order valence-corrected chi connectivity index (χ1v) is 9.62. The minimum absolute atomic E-state index is 0.113. The van der Waals surface area contributed by atoms with Crippen molar-refractivity contribution in [2.75, 3.05) is 31.1 Å². The van der Waals surface area contributed by atoms with Crippen LogP contribution in [0.5, 0.6) is 0 Å². The van der Waals surface area contributed by atoms with Crippen LogP contribution in [0.3, 0.4) is 0 Å². The average Bonchev–Trinajstić information content (AvgIpc) is 3.52. The Morgan fingerprint density at radius 1 is 0.900 bits per heavy atom. The van der Waals surface area contributed by atoms with Gasteiger partial charge in [0, 0.05) is 38.6 Å². The van der Waals surface area contributed by atoms with E-state index in [1.54, 1.807) is 22.0 Å². The van der Waals surface area contributed by atoms with Gasteiger partial charge < -0.3 is 9.80 Å². The summed E-state index contributed by atoms with van der Waals surface area (Å²) in [5.74, 6) is 1.39. The van der Waals surface area contributed by atoms with Crippen molar-refractivity contribution in [1.82, 2.24) is 39.6 Å². The van der Waals surface area contributed by atoms with Crippen LogP contribution < -0.4 is 4.90 Å². The van der Waals surface area contributed by atoms with Crippen molar-refractivity contribution in [3.63, 3.8) is 0 Å². The largest absolute Gasteiger partial charge is 0.352 e. The van der Waals surface area contributed by atoms with Gasteiger partial charge in [-0.3, -0.25) is 9.36 Å². The number of hydrogen-bond donors (Lipinski definition) is 0. The molecule has 1 fully saturated rings. The molecule has 10 nitrogen and oxygen atoms in total. The predicted octanol–water partition coefficient (Wildman–Crippen LogP) is 1.21. The number of hydrogen-bond acceptors (Lipinski definition) is 7. The summed E-state index contributed by atoms with van der Waals surface area (Å²) in [7, 11) is 0. The smallest absolute Gasteiger partial charge is 0.276 e. The van der Waals surface area contributed by atoms with E-state index in [9.17, 15) is 4.79 Å². The fourth-order valence-corrected chi connectivity index (χ4v) is 3.37. The van der Waals surface area contributed by atoms with E-state index in [1.807, 2.05) is 48.7 Å². The number of carbonyl (C=O) groups is 1. The molecule has 0 unspecified atom stereocenters. The maximum atomic E-state index is 12.8. The minimum Gasteiger partial charge on any atom is -0.352 e. The molecular weight excluding hydrogens is 382 g/mol. The normalized spacial score (nSPS) is 14.1. The van der Waals surface area contributed by atoms with E-state index in [0.717, 1.165) is 11.5 Å². The molecule has 0 atom stereocenters. The van der Waals surface area contributed by atoms with Gasteiger partial charge in [-0.2, -0.15) is 9.90 Å². The van der Waals surface area contributed by atoms with Crippen molar-refractivity contribution in [2.45, 2.75) is 0 Å². The molecule has 1 aliphatic rings. The monoisotopic (exact) mass is 401 g/mol. The Bertz CT molecular complexity index is 1110. The van der Waals surface area contributed by atoms with Crippen LogP contribution in [0.2, 0.25) is 0 Å². The maximum absolute atomic E-state index is 12.8. The number of carbonyl (C=O) groups excluding carboxylic acids is 1. The van der Waals surface area contributed by atoms with E-state index < -0.39 is 0 Å². The van der Waals surface area contributed by atoms with Crippen LogP contribution in [0.25, 0.3) is 11.5 Å². The lowest BCUT2D eigenvalue weighted by molar-refractivity contribution is 0.0740. The summed E-state index contributed by atoms with van der Waals surface area (Å²) in [6.45, 7) is 2.53. The maximum Gasteiger partial charge on any atom is 0.276 e. The first kappa shape index (κ1) is 18.0. The van der Waals surface area contributed by atoms with Crippen LogP contribution in [-0.2, 0) is 0 Å². The number of rotatable bonds is 4. The zero-order valence-corrected chi connectivity index (χ0v) is 16.1. The third kappa shape index (κ3) is 3.50. The Morgan fingerprint density at radius 3 is 2.37 bits per heavy atom. The average molecular weight is 401 g/mol. The number of para-hydroxylation sites is 1. The van der Waals surface area contributed by atoms with Gasteiger partial charge in [-0.15, -0.1) is 15.3 Å². The number of anilines is 1. The number of imidazole rings is 1. The van der Waals surface area contributed by atoms with Crippen LogP contribution >= 0.6 is 0 Å². The summed E-state index contributed by atoms with van der Waals surface area (Å²) in [4.78, 5) is 22.2. The van der Waals surface area contributed by atoms with Crippen LogP contribution in [0.1, 0.15) is 10.5 Å². The molecule has 3 aromatic heterocycles. The van der Waals surface area contributed by atoms with Crippen LogP contribution in [-0.4, -0.2) is 71.7 Å². The van der Waals surface area contributed by atoms with E-state index in [4.69, 9.17) is 0 Å². The number of piperazine rings is 1. The van der Waals surface area contributed by atoms with Crippen molar-refractivity contribution in [2.24, 2.45) is 0 Å². The molecule has 0 N–H and O–H groups in total. The number of benzene rings is 1. The van der Waals surface area contributed by atoms with E-state index in [1.165, 1.54) is 11.0 Å². The summed E-state index contributed by atoms with van der Waals surface area (Å²) in [5, 5.41) is 17.1. The van der Waals surface area contributed by atoms with Crippen LogP contribution in [0, 0.1) is 0 Å². The summed E-state index contributed by atoms with van der Waals surface area (Å²) < 4.78 is 1.80. The topological polar surface area (TPSA) is 97.9 Å². The molecule has 1 saturated heterocycles. The van der Waals surface area contributed by atoms with Crippen molar-refractivity contribution < 1.29 is 4.79 Å². The van der Waals surface area contributed by atoms with E-state index in [2.05, 4.69) is 30.3 Å². The molecule has 0 radical (unpaired) electrons. The molecule has 5 rings (SSSR count). The van der Waals surface area contributed by atoms with Gasteiger partial charge in [-0.1, -0.05) is 18.2 Å². The second kappa shape index (κ2) is 7.74. The Hall–Kier alpha value is -4.08. The molecule has 150 valence electrons. The first-order chi connectivity index (χ1) is 14.8. The highest BCUT2D eigenvalue weighted by atomic mass is 16.2. The summed E-state index contributed by atoms with van der Waals surface area (Å²) in [6.07, 6.45) is 6.72. The molecule has 4 aromatic rings. The van der Waals surface area contributed by atoms with Gasteiger partial charge >= 0.3 is 0 Å². The Morgan fingerprint density at radius 2 is 1.67 bits per heavy atom. The molecular formula is C20H19N9O. The van der Waals surface area contributed by atoms with Gasteiger partial charge in [-0.25, -0.2) is 4.98 Å². The first-order valence-electron chi connectivity index (χ1n) is 9.62. The molecule has 30 heavy (non-hydrogen) atoms. The third-order valence-electron chi connectivity index (χ3n) is 4.99. The summed E-state index contributed by atoms with van der Waals surface area (Å²) in [5.41, 5.74) is 1.16. The van der Waals surface area contributed by atoms with E-state index in [0.29, 0.717) is 37.7 Å². The fraction of sp³-hybridized carbons (Fsp3) is 0.200. The molecule has 0 aliphatic carbocycles. The van der Waals surface area contributed by atoms with E-state index in [-0.39, 0.29) is 5.91 Å². The van der Waals surface area contributed by atoms with Crippen LogP contribution in [0.15, 0.2) is 67.4 Å². The second-order valence-electron chi connectivity index (χ2n) is 6.85. The molecule has 1 aromatic carbocycles. The molecule has 1 aliphatic heterocycles. The highest BCUT2D eigenvalue weighted by Gasteiger charge is 2.25. The molecule has 0 bridgehead atoms. The van der Waals surface area contributed by atoms with Gasteiger partial charge in [0.25, 0.3) is 5.91 Å². The lowest BCUT2D eigenvalue weighted by atomic mass is 10.3. The van der Waals surface area contributed by atoms with Crippen LogP contribution in [0.4, 0.5) is 5.82 Å². The standard InChI is InChI=1S/C20H19N9O/c30-20(17-14-22-29(25-17)16-4-2-1-3-5-16)27-12-10-26(11-13-27)18-6-7-19(24-23-18)28-9-8-21-15-28/h1-9,14-15H,10-13H2. The van der Waals surface area contributed by atoms with Crippen molar-refractivity contribution in [1.29, 1.82) is 0 Å². The predicted molar refractivity (Wildman–Crippen MR) is 109 cm³/mol. The Labute approximate surface area is 172 Å². The molecule has 1 amide bonds.